The summed E-state index contributed by atoms with van der Waals surface area (Å²) in [7, 11) is 0. The normalized spacial score (nSPS) is 10.9. The molecule has 1 aromatic carbocycles. The van der Waals surface area contributed by atoms with Crippen molar-refractivity contribution in [3.63, 3.8) is 0 Å². The van der Waals surface area contributed by atoms with E-state index >= 15 is 0 Å². The summed E-state index contributed by atoms with van der Waals surface area (Å²) < 4.78 is 0. The highest BCUT2D eigenvalue weighted by atomic mass is 32.1. The van der Waals surface area contributed by atoms with Gasteiger partial charge in [-0.25, -0.2) is 0 Å². The topological polar surface area (TPSA) is 55.4 Å². The predicted octanol–water partition coefficient (Wildman–Crippen LogP) is 2.91. The highest BCUT2D eigenvalue weighted by molar-refractivity contribution is 7.11. The van der Waals surface area contributed by atoms with Crippen LogP contribution < -0.4 is 5.73 Å². The molecule has 1 aromatic heterocycles. The molecule has 0 aliphatic rings. The van der Waals surface area contributed by atoms with Gasteiger partial charge in [0.05, 0.1) is 5.69 Å². The molecule has 0 unspecified atom stereocenters. The fraction of sp³-hybridized carbons (Fsp3) is 0.0769. The molecule has 2 N–H and O–H groups in total. The molecule has 17 heavy (non-hydrogen) atoms. The second-order valence-electron chi connectivity index (χ2n) is 3.64. The van der Waals surface area contributed by atoms with E-state index in [1.54, 1.807) is 35.8 Å². The molecule has 2 aromatic rings. The van der Waals surface area contributed by atoms with Crippen molar-refractivity contribution < 1.29 is 4.79 Å². The summed E-state index contributed by atoms with van der Waals surface area (Å²) >= 11 is 1.64. The summed E-state index contributed by atoms with van der Waals surface area (Å²) in [5.74, 6) is -0.436. The smallest absolute Gasteiger partial charge is 0.248 e. The van der Waals surface area contributed by atoms with E-state index in [-0.39, 0.29) is 0 Å². The van der Waals surface area contributed by atoms with E-state index in [0.717, 1.165) is 10.6 Å². The molecule has 4 heteroatoms. The number of aliphatic imine (C=N–C) groups is 1. The Kier molecular flexibility index (Phi) is 3.35. The first-order valence-electron chi connectivity index (χ1n) is 5.15. The number of benzene rings is 1. The maximum absolute atomic E-state index is 11.0. The van der Waals surface area contributed by atoms with Gasteiger partial charge in [0, 0.05) is 16.7 Å². The van der Waals surface area contributed by atoms with E-state index in [1.807, 2.05) is 24.4 Å². The third-order valence-corrected chi connectivity index (χ3v) is 3.32. The van der Waals surface area contributed by atoms with Gasteiger partial charge in [-0.15, -0.1) is 11.3 Å². The molecule has 3 nitrogen and oxygen atoms in total. The summed E-state index contributed by atoms with van der Waals surface area (Å²) in [5.41, 5.74) is 7.61. The van der Waals surface area contributed by atoms with Crippen molar-refractivity contribution >= 4 is 29.1 Å². The predicted molar refractivity (Wildman–Crippen MR) is 71.3 cm³/mol. The lowest BCUT2D eigenvalue weighted by Gasteiger charge is -1.97. The molecule has 0 radical (unpaired) electrons. The average Bonchev–Trinajstić information content (AvgIpc) is 2.72. The largest absolute Gasteiger partial charge is 0.366 e. The highest BCUT2D eigenvalue weighted by Crippen LogP contribution is 2.17. The van der Waals surface area contributed by atoms with Crippen molar-refractivity contribution in [2.24, 2.45) is 10.7 Å². The number of amides is 1. The number of hydrogen-bond donors (Lipinski definition) is 1. The molecule has 0 saturated carbocycles. The summed E-state index contributed by atoms with van der Waals surface area (Å²) in [6.07, 6.45) is 1.81. The minimum absolute atomic E-state index is 0.436. The summed E-state index contributed by atoms with van der Waals surface area (Å²) in [4.78, 5) is 16.5. The fourth-order valence-corrected chi connectivity index (χ4v) is 2.18. The van der Waals surface area contributed by atoms with Crippen LogP contribution in [0.15, 0.2) is 40.7 Å². The zero-order valence-corrected chi connectivity index (χ0v) is 10.2. The summed E-state index contributed by atoms with van der Waals surface area (Å²) in [6.45, 7) is 2.04. The molecule has 0 aliphatic carbocycles. The van der Waals surface area contributed by atoms with Crippen molar-refractivity contribution in [2.75, 3.05) is 0 Å². The number of hydrogen-bond acceptors (Lipinski definition) is 3. The lowest BCUT2D eigenvalue weighted by atomic mass is 10.2. The van der Waals surface area contributed by atoms with E-state index in [1.165, 1.54) is 5.56 Å². The molecule has 1 heterocycles. The van der Waals surface area contributed by atoms with Crippen LogP contribution >= 0.6 is 11.3 Å². The molecule has 0 aliphatic heterocycles. The van der Waals surface area contributed by atoms with Crippen LogP contribution in [0.25, 0.3) is 0 Å². The molecule has 1 amide bonds. The molecule has 0 saturated heterocycles. The third kappa shape index (κ3) is 2.79. The molecule has 0 atom stereocenters. The van der Waals surface area contributed by atoms with E-state index in [2.05, 4.69) is 4.99 Å². The first-order valence-corrected chi connectivity index (χ1v) is 6.03. The van der Waals surface area contributed by atoms with Crippen LogP contribution in [0.3, 0.4) is 0 Å². The maximum atomic E-state index is 11.0. The van der Waals surface area contributed by atoms with Crippen LogP contribution in [-0.2, 0) is 0 Å². The number of nitrogens with zero attached hydrogens (tertiary/aromatic N) is 1. The lowest BCUT2D eigenvalue weighted by Crippen LogP contribution is -2.10. The number of carbonyl (C=O) groups is 1. The van der Waals surface area contributed by atoms with Crippen molar-refractivity contribution in [1.29, 1.82) is 0 Å². The van der Waals surface area contributed by atoms with Gasteiger partial charge in [-0.2, -0.15) is 0 Å². The van der Waals surface area contributed by atoms with Crippen LogP contribution in [0.5, 0.6) is 0 Å². The standard InChI is InChI=1S/C13H12N2OS/c1-9-5-6-17-12(9)8-15-11-4-2-3-10(7-11)13(14)16/h2-8H,1H3,(H2,14,16). The van der Waals surface area contributed by atoms with Gasteiger partial charge in [0.1, 0.15) is 0 Å². The fourth-order valence-electron chi connectivity index (χ4n) is 1.39. The van der Waals surface area contributed by atoms with Gasteiger partial charge in [-0.1, -0.05) is 6.07 Å². The van der Waals surface area contributed by atoms with Gasteiger partial charge in [0.15, 0.2) is 0 Å². The second kappa shape index (κ2) is 4.93. The molecule has 0 fully saturated rings. The van der Waals surface area contributed by atoms with E-state index in [9.17, 15) is 4.79 Å². The average molecular weight is 244 g/mol. The van der Waals surface area contributed by atoms with Crippen molar-refractivity contribution in [2.45, 2.75) is 6.92 Å². The monoisotopic (exact) mass is 244 g/mol. The van der Waals surface area contributed by atoms with Crippen molar-refractivity contribution in [3.8, 4) is 0 Å². The maximum Gasteiger partial charge on any atom is 0.248 e. The number of thiophene rings is 1. The Morgan fingerprint density at radius 3 is 2.88 bits per heavy atom. The molecular weight excluding hydrogens is 232 g/mol. The van der Waals surface area contributed by atoms with Gasteiger partial charge in [0.25, 0.3) is 0 Å². The first kappa shape index (κ1) is 11.5. The van der Waals surface area contributed by atoms with Crippen LogP contribution in [0.4, 0.5) is 5.69 Å². The molecular formula is C13H12N2OS. The Morgan fingerprint density at radius 1 is 1.41 bits per heavy atom. The van der Waals surface area contributed by atoms with Gasteiger partial charge < -0.3 is 5.73 Å². The van der Waals surface area contributed by atoms with E-state index < -0.39 is 5.91 Å². The number of carbonyl (C=O) groups excluding carboxylic acids is 1. The third-order valence-electron chi connectivity index (χ3n) is 2.36. The highest BCUT2D eigenvalue weighted by Gasteiger charge is 2.00. The van der Waals surface area contributed by atoms with Crippen LogP contribution in [0, 0.1) is 6.92 Å². The van der Waals surface area contributed by atoms with Gasteiger partial charge in [0.2, 0.25) is 5.91 Å². The van der Waals surface area contributed by atoms with Crippen LogP contribution in [0.2, 0.25) is 0 Å². The Bertz CT molecular complexity index is 572. The number of primary amides is 1. The molecule has 86 valence electrons. The number of rotatable bonds is 3. The Labute approximate surface area is 104 Å². The number of aryl methyl sites for hydroxylation is 1. The van der Waals surface area contributed by atoms with Crippen molar-refractivity contribution in [3.05, 3.63) is 51.7 Å². The van der Waals surface area contributed by atoms with Crippen molar-refractivity contribution in [1.82, 2.24) is 0 Å². The zero-order chi connectivity index (χ0) is 12.3. The number of nitrogens with two attached hydrogens (primary N) is 1. The quantitative estimate of drug-likeness (QED) is 0.829. The van der Waals surface area contributed by atoms with Gasteiger partial charge >= 0.3 is 0 Å². The van der Waals surface area contributed by atoms with Gasteiger partial charge in [-0.3, -0.25) is 9.79 Å². The van der Waals surface area contributed by atoms with Crippen LogP contribution in [-0.4, -0.2) is 12.1 Å². The Morgan fingerprint density at radius 2 is 2.24 bits per heavy atom. The minimum atomic E-state index is -0.436. The zero-order valence-electron chi connectivity index (χ0n) is 9.38. The molecule has 2 rings (SSSR count). The SMILES string of the molecule is Cc1ccsc1C=Nc1cccc(C(N)=O)c1. The Balaban J connectivity index is 2.24. The summed E-state index contributed by atoms with van der Waals surface area (Å²) in [6, 6.07) is 9.02. The van der Waals surface area contributed by atoms with Gasteiger partial charge in [-0.05, 0) is 42.1 Å². The Hall–Kier alpha value is -1.94. The summed E-state index contributed by atoms with van der Waals surface area (Å²) in [5, 5.41) is 2.02. The second-order valence-corrected chi connectivity index (χ2v) is 4.59. The minimum Gasteiger partial charge on any atom is -0.366 e. The molecule has 0 bridgehead atoms. The van der Waals surface area contributed by atoms with E-state index in [4.69, 9.17) is 5.73 Å². The lowest BCUT2D eigenvalue weighted by molar-refractivity contribution is 0.100. The first-order chi connectivity index (χ1) is 8.16. The molecule has 0 spiro atoms. The van der Waals surface area contributed by atoms with E-state index in [0.29, 0.717) is 5.56 Å². The van der Waals surface area contributed by atoms with Crippen LogP contribution in [0.1, 0.15) is 20.8 Å².